The van der Waals surface area contributed by atoms with E-state index in [1.807, 2.05) is 25.1 Å². The molecule has 3 heteroatoms. The van der Waals surface area contributed by atoms with E-state index in [0.29, 0.717) is 11.3 Å². The van der Waals surface area contributed by atoms with Crippen LogP contribution >= 0.6 is 0 Å². The van der Waals surface area contributed by atoms with E-state index in [0.717, 1.165) is 23.3 Å². The lowest BCUT2D eigenvalue weighted by atomic mass is 9.53. The van der Waals surface area contributed by atoms with Gasteiger partial charge in [0.15, 0.2) is 0 Å². The van der Waals surface area contributed by atoms with Crippen molar-refractivity contribution in [2.75, 3.05) is 5.73 Å². The molecule has 0 heterocycles. The molecule has 4 saturated carbocycles. The molecule has 3 nitrogen and oxygen atoms in total. The highest BCUT2D eigenvalue weighted by Crippen LogP contribution is 2.55. The molecule has 5 rings (SSSR count). The first-order chi connectivity index (χ1) is 10.0. The number of benzene rings is 1. The van der Waals surface area contributed by atoms with Crippen LogP contribution < -0.4 is 11.1 Å². The summed E-state index contributed by atoms with van der Waals surface area (Å²) in [6.07, 6.45) is 7.75. The number of carbonyl (C=O) groups excluding carboxylic acids is 1. The van der Waals surface area contributed by atoms with E-state index >= 15 is 0 Å². The summed E-state index contributed by atoms with van der Waals surface area (Å²) in [6, 6.07) is 5.64. The molecular weight excluding hydrogens is 260 g/mol. The Bertz CT molecular complexity index is 558. The predicted molar refractivity (Wildman–Crippen MR) is 84.0 cm³/mol. The number of hydrogen-bond donors (Lipinski definition) is 2. The normalized spacial score (nSPS) is 36.7. The Morgan fingerprint density at radius 3 is 2.24 bits per heavy atom. The lowest BCUT2D eigenvalue weighted by Gasteiger charge is -2.56. The molecular formula is C18H24N2O. The summed E-state index contributed by atoms with van der Waals surface area (Å²) in [5, 5.41) is 3.39. The van der Waals surface area contributed by atoms with E-state index in [-0.39, 0.29) is 11.4 Å². The second-order valence-corrected chi connectivity index (χ2v) is 7.72. The minimum Gasteiger partial charge on any atom is -0.398 e. The molecule has 0 saturated heterocycles. The van der Waals surface area contributed by atoms with Crippen molar-refractivity contribution < 1.29 is 4.79 Å². The Kier molecular flexibility index (Phi) is 2.82. The van der Waals surface area contributed by atoms with Gasteiger partial charge in [0.05, 0.1) is 0 Å². The predicted octanol–water partition coefficient (Wildman–Crippen LogP) is 3.28. The molecule has 0 atom stereocenters. The van der Waals surface area contributed by atoms with Crippen molar-refractivity contribution >= 4 is 11.6 Å². The van der Waals surface area contributed by atoms with E-state index in [9.17, 15) is 4.79 Å². The van der Waals surface area contributed by atoms with Gasteiger partial charge in [-0.25, -0.2) is 0 Å². The van der Waals surface area contributed by atoms with E-state index in [1.165, 1.54) is 38.5 Å². The summed E-state index contributed by atoms with van der Waals surface area (Å²) in [4.78, 5) is 12.6. The maximum absolute atomic E-state index is 12.6. The molecule has 4 aliphatic carbocycles. The Hall–Kier alpha value is -1.51. The first-order valence-corrected chi connectivity index (χ1v) is 8.22. The molecule has 21 heavy (non-hydrogen) atoms. The zero-order valence-corrected chi connectivity index (χ0v) is 12.7. The summed E-state index contributed by atoms with van der Waals surface area (Å²) < 4.78 is 0. The quantitative estimate of drug-likeness (QED) is 0.819. The maximum Gasteiger partial charge on any atom is 0.251 e. The van der Waals surface area contributed by atoms with Crippen LogP contribution in [-0.2, 0) is 0 Å². The van der Waals surface area contributed by atoms with Gasteiger partial charge in [-0.3, -0.25) is 4.79 Å². The van der Waals surface area contributed by atoms with Gasteiger partial charge in [-0.15, -0.1) is 0 Å². The molecule has 1 aromatic carbocycles. The van der Waals surface area contributed by atoms with Crippen LogP contribution in [0.2, 0.25) is 0 Å². The third kappa shape index (κ3) is 2.23. The van der Waals surface area contributed by atoms with Gasteiger partial charge < -0.3 is 11.1 Å². The Balaban J connectivity index is 1.55. The van der Waals surface area contributed by atoms with Crippen molar-refractivity contribution in [1.82, 2.24) is 5.32 Å². The van der Waals surface area contributed by atoms with Gasteiger partial charge in [0, 0.05) is 16.8 Å². The highest BCUT2D eigenvalue weighted by atomic mass is 16.1. The van der Waals surface area contributed by atoms with Gasteiger partial charge in [0.25, 0.3) is 5.91 Å². The van der Waals surface area contributed by atoms with Crippen LogP contribution in [0.1, 0.15) is 54.4 Å². The lowest BCUT2D eigenvalue weighted by molar-refractivity contribution is -0.0167. The number of rotatable bonds is 2. The molecule has 1 aromatic rings. The second kappa shape index (κ2) is 4.49. The van der Waals surface area contributed by atoms with E-state index in [1.54, 1.807) is 0 Å². The van der Waals surface area contributed by atoms with Crippen LogP contribution in [0.5, 0.6) is 0 Å². The van der Waals surface area contributed by atoms with Crippen LogP contribution in [0.3, 0.4) is 0 Å². The van der Waals surface area contributed by atoms with Crippen molar-refractivity contribution in [3.05, 3.63) is 29.3 Å². The van der Waals surface area contributed by atoms with Gasteiger partial charge >= 0.3 is 0 Å². The van der Waals surface area contributed by atoms with Crippen molar-refractivity contribution in [2.45, 2.75) is 51.0 Å². The molecule has 0 aliphatic heterocycles. The Labute approximate surface area is 126 Å². The molecule has 0 radical (unpaired) electrons. The average molecular weight is 284 g/mol. The van der Waals surface area contributed by atoms with E-state index < -0.39 is 0 Å². The third-order valence-corrected chi connectivity index (χ3v) is 5.96. The first kappa shape index (κ1) is 13.2. The minimum absolute atomic E-state index is 0.0589. The Morgan fingerprint density at radius 2 is 1.71 bits per heavy atom. The van der Waals surface area contributed by atoms with Gasteiger partial charge in [-0.2, -0.15) is 0 Å². The second-order valence-electron chi connectivity index (χ2n) is 7.72. The van der Waals surface area contributed by atoms with Gasteiger partial charge in [0.1, 0.15) is 0 Å². The number of nitrogens with one attached hydrogen (secondary N) is 1. The molecule has 4 fully saturated rings. The van der Waals surface area contributed by atoms with Crippen LogP contribution in [0.15, 0.2) is 18.2 Å². The van der Waals surface area contributed by atoms with Gasteiger partial charge in [0.2, 0.25) is 0 Å². The summed E-state index contributed by atoms with van der Waals surface area (Å²) in [5.74, 6) is 2.60. The molecule has 4 aliphatic rings. The van der Waals surface area contributed by atoms with Crippen LogP contribution in [-0.4, -0.2) is 11.4 Å². The molecule has 3 N–H and O–H groups in total. The smallest absolute Gasteiger partial charge is 0.251 e. The highest BCUT2D eigenvalue weighted by Gasteiger charge is 2.51. The van der Waals surface area contributed by atoms with Crippen molar-refractivity contribution in [3.8, 4) is 0 Å². The minimum atomic E-state index is 0.0589. The molecule has 112 valence electrons. The fraction of sp³-hybridized carbons (Fsp3) is 0.611. The molecule has 0 aromatic heterocycles. The lowest BCUT2D eigenvalue weighted by Crippen LogP contribution is -2.59. The topological polar surface area (TPSA) is 55.1 Å². The van der Waals surface area contributed by atoms with Crippen molar-refractivity contribution in [3.63, 3.8) is 0 Å². The summed E-state index contributed by atoms with van der Waals surface area (Å²) in [7, 11) is 0. The van der Waals surface area contributed by atoms with Gasteiger partial charge in [-0.1, -0.05) is 6.07 Å². The van der Waals surface area contributed by atoms with Crippen LogP contribution in [0.25, 0.3) is 0 Å². The number of hydrogen-bond acceptors (Lipinski definition) is 2. The molecule has 0 unspecified atom stereocenters. The van der Waals surface area contributed by atoms with Gasteiger partial charge in [-0.05, 0) is 80.9 Å². The largest absolute Gasteiger partial charge is 0.398 e. The summed E-state index contributed by atoms with van der Waals surface area (Å²) in [5.41, 5.74) is 8.45. The fourth-order valence-corrected chi connectivity index (χ4v) is 5.36. The van der Waals surface area contributed by atoms with E-state index in [2.05, 4.69) is 5.32 Å². The monoisotopic (exact) mass is 284 g/mol. The number of amides is 1. The van der Waals surface area contributed by atoms with Crippen LogP contribution in [0.4, 0.5) is 5.69 Å². The number of nitrogens with two attached hydrogens (primary N) is 1. The standard InChI is InChI=1S/C18H24N2O/c1-11-2-3-15(7-16(11)19)17(21)20-18-8-12-4-13(9-18)6-14(5-12)10-18/h2-3,7,12-14H,4-6,8-10,19H2,1H3,(H,20,21). The zero-order valence-electron chi connectivity index (χ0n) is 12.7. The van der Waals surface area contributed by atoms with Crippen molar-refractivity contribution in [1.29, 1.82) is 0 Å². The summed E-state index contributed by atoms with van der Waals surface area (Å²) >= 11 is 0. The van der Waals surface area contributed by atoms with E-state index in [4.69, 9.17) is 5.73 Å². The Morgan fingerprint density at radius 1 is 1.14 bits per heavy atom. The fourth-order valence-electron chi connectivity index (χ4n) is 5.36. The molecule has 4 bridgehead atoms. The first-order valence-electron chi connectivity index (χ1n) is 8.22. The molecule has 1 amide bonds. The summed E-state index contributed by atoms with van der Waals surface area (Å²) in [6.45, 7) is 1.97. The maximum atomic E-state index is 12.6. The third-order valence-electron chi connectivity index (χ3n) is 5.96. The van der Waals surface area contributed by atoms with Crippen molar-refractivity contribution in [2.24, 2.45) is 17.8 Å². The average Bonchev–Trinajstić information content (AvgIpc) is 2.39. The van der Waals surface area contributed by atoms with Crippen LogP contribution in [0, 0.1) is 24.7 Å². The SMILES string of the molecule is Cc1ccc(C(=O)NC23CC4CC(CC(C4)C2)C3)cc1N. The number of aryl methyl sites for hydroxylation is 1. The number of nitrogen functional groups attached to an aromatic ring is 1. The zero-order chi connectivity index (χ0) is 14.6. The highest BCUT2D eigenvalue weighted by molar-refractivity contribution is 5.95. The number of anilines is 1. The molecule has 0 spiro atoms. The number of carbonyl (C=O) groups is 1.